The van der Waals surface area contributed by atoms with E-state index in [1.807, 2.05) is 32.1 Å². The van der Waals surface area contributed by atoms with Gasteiger partial charge in [0.2, 0.25) is 5.88 Å². The maximum absolute atomic E-state index is 12.1. The zero-order valence-electron chi connectivity index (χ0n) is 19.2. The summed E-state index contributed by atoms with van der Waals surface area (Å²) in [5.41, 5.74) is 0.988. The smallest absolute Gasteiger partial charge is 0.407 e. The van der Waals surface area contributed by atoms with Crippen LogP contribution in [0.15, 0.2) is 6.33 Å². The fraction of sp³-hybridized carbons (Fsp3) is 0.708. The third-order valence-corrected chi connectivity index (χ3v) is 7.42. The molecule has 0 saturated heterocycles. The van der Waals surface area contributed by atoms with Crippen LogP contribution in [0.2, 0.25) is 0 Å². The van der Waals surface area contributed by atoms with Crippen molar-refractivity contribution in [2.75, 3.05) is 0 Å². The Morgan fingerprint density at radius 2 is 1.97 bits per heavy atom. The van der Waals surface area contributed by atoms with Crippen LogP contribution in [0.1, 0.15) is 95.4 Å². The van der Waals surface area contributed by atoms with Crippen LogP contribution in [0, 0.1) is 0 Å². The minimum atomic E-state index is -0.474. The van der Waals surface area contributed by atoms with Gasteiger partial charge < -0.3 is 14.8 Å². The summed E-state index contributed by atoms with van der Waals surface area (Å²) >= 11 is 1.82. The predicted molar refractivity (Wildman–Crippen MR) is 124 cm³/mol. The second kappa shape index (κ2) is 9.31. The van der Waals surface area contributed by atoms with E-state index in [0.29, 0.717) is 5.92 Å². The van der Waals surface area contributed by atoms with Crippen molar-refractivity contribution in [2.45, 2.75) is 109 Å². The molecule has 4 rings (SSSR count). The van der Waals surface area contributed by atoms with Crippen LogP contribution in [0.4, 0.5) is 4.79 Å². The molecule has 2 aliphatic rings. The lowest BCUT2D eigenvalue weighted by Gasteiger charge is -2.30. The minimum Gasteiger partial charge on any atom is -0.474 e. The molecule has 31 heavy (non-hydrogen) atoms. The van der Waals surface area contributed by atoms with Gasteiger partial charge in [0.15, 0.2) is 0 Å². The molecule has 0 bridgehead atoms. The quantitative estimate of drug-likeness (QED) is 0.599. The highest BCUT2D eigenvalue weighted by atomic mass is 32.1. The van der Waals surface area contributed by atoms with Crippen molar-refractivity contribution in [3.8, 4) is 5.88 Å². The van der Waals surface area contributed by atoms with E-state index >= 15 is 0 Å². The first kappa shape index (κ1) is 22.3. The van der Waals surface area contributed by atoms with Crippen molar-refractivity contribution in [1.29, 1.82) is 0 Å². The SMILES string of the molecule is CCC[C@@H]1CCCc2sc3ncnc(O[C@H]4CC[C@H](NC(=O)OC(C)(C)C)CC4)c3c21. The van der Waals surface area contributed by atoms with E-state index < -0.39 is 5.60 Å². The summed E-state index contributed by atoms with van der Waals surface area (Å²) in [4.78, 5) is 23.7. The average molecular weight is 446 g/mol. The van der Waals surface area contributed by atoms with Crippen LogP contribution in [-0.4, -0.2) is 33.8 Å². The number of fused-ring (bicyclic) bond motifs is 3. The molecule has 1 saturated carbocycles. The Balaban J connectivity index is 1.43. The van der Waals surface area contributed by atoms with E-state index in [-0.39, 0.29) is 18.2 Å². The fourth-order valence-electron chi connectivity index (χ4n) is 4.93. The van der Waals surface area contributed by atoms with Gasteiger partial charge in [-0.15, -0.1) is 11.3 Å². The van der Waals surface area contributed by atoms with Gasteiger partial charge in [0.05, 0.1) is 5.39 Å². The second-order valence-electron chi connectivity index (χ2n) is 9.91. The molecule has 6 nitrogen and oxygen atoms in total. The van der Waals surface area contributed by atoms with Gasteiger partial charge in [0, 0.05) is 10.9 Å². The summed E-state index contributed by atoms with van der Waals surface area (Å²) in [7, 11) is 0. The number of hydrogen-bond donors (Lipinski definition) is 1. The van der Waals surface area contributed by atoms with E-state index in [9.17, 15) is 4.79 Å². The molecule has 170 valence electrons. The number of rotatable bonds is 5. The van der Waals surface area contributed by atoms with E-state index in [2.05, 4.69) is 22.2 Å². The fourth-order valence-corrected chi connectivity index (χ4v) is 6.19. The topological polar surface area (TPSA) is 73.3 Å². The molecule has 2 aliphatic carbocycles. The van der Waals surface area contributed by atoms with Crippen molar-refractivity contribution in [2.24, 2.45) is 0 Å². The van der Waals surface area contributed by atoms with E-state index in [1.165, 1.54) is 36.1 Å². The van der Waals surface area contributed by atoms with Crippen molar-refractivity contribution in [3.63, 3.8) is 0 Å². The number of aromatic nitrogens is 2. The normalized spacial score (nSPS) is 23.9. The van der Waals surface area contributed by atoms with Crippen LogP contribution in [0.3, 0.4) is 0 Å². The number of ether oxygens (including phenoxy) is 2. The molecule has 0 aliphatic heterocycles. The van der Waals surface area contributed by atoms with Crippen LogP contribution in [0.25, 0.3) is 10.2 Å². The number of nitrogens with zero attached hydrogens (tertiary/aromatic N) is 2. The monoisotopic (exact) mass is 445 g/mol. The van der Waals surface area contributed by atoms with Gasteiger partial charge in [0.1, 0.15) is 22.9 Å². The molecule has 0 radical (unpaired) electrons. The Hall–Kier alpha value is -1.89. The summed E-state index contributed by atoms with van der Waals surface area (Å²) in [5, 5.41) is 4.17. The number of aryl methyl sites for hydroxylation is 1. The zero-order valence-corrected chi connectivity index (χ0v) is 20.0. The van der Waals surface area contributed by atoms with Gasteiger partial charge in [-0.25, -0.2) is 14.8 Å². The molecule has 2 aromatic rings. The molecule has 1 N–H and O–H groups in total. The second-order valence-corrected chi connectivity index (χ2v) is 11.0. The van der Waals surface area contributed by atoms with Crippen LogP contribution < -0.4 is 10.1 Å². The van der Waals surface area contributed by atoms with Gasteiger partial charge >= 0.3 is 6.09 Å². The first-order valence-corrected chi connectivity index (χ1v) is 12.6. The number of nitrogens with one attached hydrogen (secondary N) is 1. The Kier molecular flexibility index (Phi) is 6.70. The molecule has 2 heterocycles. The summed E-state index contributed by atoms with van der Waals surface area (Å²) in [5.74, 6) is 1.36. The van der Waals surface area contributed by atoms with E-state index in [0.717, 1.165) is 48.2 Å². The Bertz CT molecular complexity index is 913. The highest BCUT2D eigenvalue weighted by Crippen LogP contribution is 2.46. The summed E-state index contributed by atoms with van der Waals surface area (Å²) in [6, 6.07) is 0.142. The molecule has 1 amide bonds. The third kappa shape index (κ3) is 5.30. The van der Waals surface area contributed by atoms with E-state index in [1.54, 1.807) is 6.33 Å². The largest absolute Gasteiger partial charge is 0.474 e. The molecule has 1 fully saturated rings. The molecule has 1 atom stereocenters. The number of alkyl carbamates (subject to hydrolysis) is 1. The first-order valence-electron chi connectivity index (χ1n) is 11.8. The number of amides is 1. The van der Waals surface area contributed by atoms with Gasteiger partial charge in [0.25, 0.3) is 0 Å². The van der Waals surface area contributed by atoms with Gasteiger partial charge in [-0.2, -0.15) is 0 Å². The van der Waals surface area contributed by atoms with Crippen molar-refractivity contribution in [1.82, 2.24) is 15.3 Å². The standard InChI is InChI=1S/C24H35N3O3S/c1-5-7-15-8-6-9-18-19(15)20-21(25-14-26-22(20)31-18)29-17-12-10-16(11-13-17)27-23(28)30-24(2,3)4/h14-17H,5-13H2,1-4H3,(H,27,28)/t15-,16-,17-/m1/s1. The molecule has 0 aromatic carbocycles. The number of carbonyl (C=O) groups is 1. The van der Waals surface area contributed by atoms with Crippen molar-refractivity contribution in [3.05, 3.63) is 16.8 Å². The molecular formula is C24H35N3O3S. The highest BCUT2D eigenvalue weighted by molar-refractivity contribution is 7.18. The first-order chi connectivity index (χ1) is 14.8. The Morgan fingerprint density at radius 3 is 2.68 bits per heavy atom. The summed E-state index contributed by atoms with van der Waals surface area (Å²) < 4.78 is 11.9. The molecule has 0 unspecified atom stereocenters. The van der Waals surface area contributed by atoms with Crippen molar-refractivity contribution < 1.29 is 14.3 Å². The number of hydrogen-bond acceptors (Lipinski definition) is 6. The average Bonchev–Trinajstić information content (AvgIpc) is 3.09. The number of carbonyl (C=O) groups excluding carboxylic acids is 1. The third-order valence-electron chi connectivity index (χ3n) is 6.24. The highest BCUT2D eigenvalue weighted by Gasteiger charge is 2.30. The van der Waals surface area contributed by atoms with Gasteiger partial charge in [-0.05, 0) is 83.6 Å². The van der Waals surface area contributed by atoms with Gasteiger partial charge in [-0.3, -0.25) is 0 Å². The van der Waals surface area contributed by atoms with Crippen LogP contribution >= 0.6 is 11.3 Å². The molecule has 2 aromatic heterocycles. The lowest BCUT2D eigenvalue weighted by atomic mass is 9.83. The molecule has 0 spiro atoms. The van der Waals surface area contributed by atoms with Crippen molar-refractivity contribution >= 4 is 27.6 Å². The molecular weight excluding hydrogens is 410 g/mol. The lowest BCUT2D eigenvalue weighted by molar-refractivity contribution is 0.0470. The predicted octanol–water partition coefficient (Wildman–Crippen LogP) is 6.13. The maximum atomic E-state index is 12.1. The lowest BCUT2D eigenvalue weighted by Crippen LogP contribution is -2.42. The maximum Gasteiger partial charge on any atom is 0.407 e. The Labute approximate surface area is 189 Å². The minimum absolute atomic E-state index is 0.124. The summed E-state index contributed by atoms with van der Waals surface area (Å²) in [6.45, 7) is 7.91. The van der Waals surface area contributed by atoms with Gasteiger partial charge in [-0.1, -0.05) is 13.3 Å². The number of thiophene rings is 1. The zero-order chi connectivity index (χ0) is 22.0. The van der Waals surface area contributed by atoms with Crippen LogP contribution in [-0.2, 0) is 11.2 Å². The van der Waals surface area contributed by atoms with Crippen LogP contribution in [0.5, 0.6) is 5.88 Å². The van der Waals surface area contributed by atoms with E-state index in [4.69, 9.17) is 9.47 Å². The Morgan fingerprint density at radius 1 is 1.19 bits per heavy atom. The molecule has 7 heteroatoms. The summed E-state index contributed by atoms with van der Waals surface area (Å²) in [6.07, 6.45) is 11.1.